The number of halogens is 1. The van der Waals surface area contributed by atoms with Crippen molar-refractivity contribution in [1.82, 2.24) is 9.62 Å². The van der Waals surface area contributed by atoms with Gasteiger partial charge in [0.1, 0.15) is 11.8 Å². The van der Waals surface area contributed by atoms with Gasteiger partial charge in [-0.3, -0.25) is 4.79 Å². The van der Waals surface area contributed by atoms with Gasteiger partial charge in [-0.15, -0.1) is 0 Å². The lowest BCUT2D eigenvalue weighted by Crippen LogP contribution is -2.48. The summed E-state index contributed by atoms with van der Waals surface area (Å²) in [4.78, 5) is 12.8. The van der Waals surface area contributed by atoms with Gasteiger partial charge in [0, 0.05) is 23.7 Å². The molecule has 0 unspecified atom stereocenters. The molecule has 1 heterocycles. The number of hydrogen-bond donors (Lipinski definition) is 1. The van der Waals surface area contributed by atoms with Gasteiger partial charge in [-0.1, -0.05) is 29.8 Å². The Labute approximate surface area is 170 Å². The highest BCUT2D eigenvalue weighted by atomic mass is 35.5. The number of benzene rings is 2. The van der Waals surface area contributed by atoms with Crippen molar-refractivity contribution in [3.8, 4) is 5.75 Å². The van der Waals surface area contributed by atoms with E-state index in [9.17, 15) is 13.2 Å². The van der Waals surface area contributed by atoms with Crippen LogP contribution in [0, 0.1) is 0 Å². The summed E-state index contributed by atoms with van der Waals surface area (Å²) in [6, 6.07) is 12.4. The molecular weight excluding hydrogens is 400 g/mol. The maximum absolute atomic E-state index is 13.5. The minimum atomic E-state index is -3.93. The molecule has 1 aliphatic heterocycles. The molecule has 2 aromatic rings. The third kappa shape index (κ3) is 4.48. The van der Waals surface area contributed by atoms with E-state index in [4.69, 9.17) is 16.3 Å². The van der Waals surface area contributed by atoms with Crippen LogP contribution in [-0.4, -0.2) is 38.3 Å². The van der Waals surface area contributed by atoms with Gasteiger partial charge >= 0.3 is 0 Å². The van der Waals surface area contributed by atoms with E-state index in [1.165, 1.54) is 35.7 Å². The minimum Gasteiger partial charge on any atom is -0.496 e. The van der Waals surface area contributed by atoms with Crippen LogP contribution in [0.2, 0.25) is 5.02 Å². The molecular formula is C20H23ClN2O4S. The van der Waals surface area contributed by atoms with Crippen molar-refractivity contribution in [3.05, 3.63) is 59.1 Å². The van der Waals surface area contributed by atoms with E-state index >= 15 is 0 Å². The second-order valence-electron chi connectivity index (χ2n) is 6.62. The van der Waals surface area contributed by atoms with Crippen molar-refractivity contribution >= 4 is 27.5 Å². The molecule has 6 nitrogen and oxygen atoms in total. The van der Waals surface area contributed by atoms with Gasteiger partial charge in [0.15, 0.2) is 0 Å². The number of carbonyl (C=O) groups excluding carboxylic acids is 1. The third-order valence-corrected chi connectivity index (χ3v) is 6.91. The summed E-state index contributed by atoms with van der Waals surface area (Å²) >= 11 is 5.92. The fraction of sp³-hybridized carbons (Fsp3) is 0.350. The fourth-order valence-electron chi connectivity index (χ4n) is 3.30. The first-order valence-corrected chi connectivity index (χ1v) is 10.9. The maximum atomic E-state index is 13.5. The molecule has 0 aromatic heterocycles. The molecule has 150 valence electrons. The largest absolute Gasteiger partial charge is 0.496 e. The van der Waals surface area contributed by atoms with Crippen molar-refractivity contribution in [2.75, 3.05) is 13.7 Å². The third-order valence-electron chi connectivity index (χ3n) is 4.79. The first-order chi connectivity index (χ1) is 13.4. The Kier molecular flexibility index (Phi) is 6.59. The predicted octanol–water partition coefficient (Wildman–Crippen LogP) is 3.21. The van der Waals surface area contributed by atoms with E-state index in [0.717, 1.165) is 12.8 Å². The average Bonchev–Trinajstić information content (AvgIpc) is 2.91. The van der Waals surface area contributed by atoms with Gasteiger partial charge in [0.2, 0.25) is 15.9 Å². The number of hydrogen-bond acceptors (Lipinski definition) is 4. The Balaban J connectivity index is 2.05. The number of amides is 1. The molecule has 3 rings (SSSR count). The molecule has 0 radical (unpaired) electrons. The lowest BCUT2D eigenvalue weighted by Gasteiger charge is -2.29. The molecule has 1 amide bonds. The second kappa shape index (κ2) is 8.94. The van der Waals surface area contributed by atoms with Crippen LogP contribution in [0.1, 0.15) is 24.8 Å². The molecule has 1 fully saturated rings. The Morgan fingerprint density at radius 3 is 2.57 bits per heavy atom. The molecule has 0 spiro atoms. The fourth-order valence-corrected chi connectivity index (χ4v) is 5.03. The summed E-state index contributed by atoms with van der Waals surface area (Å²) in [5.41, 5.74) is 0.694. The van der Waals surface area contributed by atoms with E-state index in [-0.39, 0.29) is 17.3 Å². The van der Waals surface area contributed by atoms with Crippen molar-refractivity contribution in [2.24, 2.45) is 0 Å². The van der Waals surface area contributed by atoms with Crippen LogP contribution in [0.4, 0.5) is 0 Å². The Morgan fingerprint density at radius 1 is 1.14 bits per heavy atom. The summed E-state index contributed by atoms with van der Waals surface area (Å²) in [6.45, 7) is 0.589. The zero-order chi connectivity index (χ0) is 20.1. The molecule has 28 heavy (non-hydrogen) atoms. The van der Waals surface area contributed by atoms with Crippen molar-refractivity contribution < 1.29 is 17.9 Å². The number of methoxy groups -OCH3 is 1. The number of nitrogens with one attached hydrogen (secondary N) is 1. The minimum absolute atomic E-state index is 0.0348. The van der Waals surface area contributed by atoms with Crippen LogP contribution in [0.25, 0.3) is 0 Å². The molecule has 0 aliphatic carbocycles. The average molecular weight is 423 g/mol. The van der Waals surface area contributed by atoms with Crippen LogP contribution < -0.4 is 10.1 Å². The van der Waals surface area contributed by atoms with Crippen molar-refractivity contribution in [1.29, 1.82) is 0 Å². The highest BCUT2D eigenvalue weighted by molar-refractivity contribution is 7.89. The number of carbonyl (C=O) groups is 1. The lowest BCUT2D eigenvalue weighted by molar-refractivity contribution is -0.124. The molecule has 1 saturated heterocycles. The Hall–Kier alpha value is -2.09. The van der Waals surface area contributed by atoms with E-state index in [1.54, 1.807) is 12.1 Å². The quantitative estimate of drug-likeness (QED) is 0.775. The molecule has 0 saturated carbocycles. The van der Waals surface area contributed by atoms with E-state index in [2.05, 4.69) is 5.32 Å². The van der Waals surface area contributed by atoms with Crippen LogP contribution in [0.3, 0.4) is 0 Å². The number of ether oxygens (including phenoxy) is 1. The number of rotatable bonds is 6. The van der Waals surface area contributed by atoms with E-state index in [1.807, 2.05) is 12.1 Å². The van der Waals surface area contributed by atoms with Gasteiger partial charge < -0.3 is 10.1 Å². The van der Waals surface area contributed by atoms with Gasteiger partial charge in [0.25, 0.3) is 0 Å². The smallest absolute Gasteiger partial charge is 0.244 e. The first-order valence-electron chi connectivity index (χ1n) is 9.10. The van der Waals surface area contributed by atoms with Crippen LogP contribution in [-0.2, 0) is 21.4 Å². The monoisotopic (exact) mass is 422 g/mol. The SMILES string of the molecule is COc1ccccc1CN([C@@H]1CCCCNC1=O)S(=O)(=O)c1ccc(Cl)cc1. The van der Waals surface area contributed by atoms with Crippen LogP contribution in [0.5, 0.6) is 5.75 Å². The molecule has 8 heteroatoms. The molecule has 1 atom stereocenters. The lowest BCUT2D eigenvalue weighted by atomic mass is 10.1. The second-order valence-corrected chi connectivity index (χ2v) is 8.95. The topological polar surface area (TPSA) is 75.7 Å². The highest BCUT2D eigenvalue weighted by Gasteiger charge is 2.37. The number of sulfonamides is 1. The Morgan fingerprint density at radius 2 is 1.86 bits per heavy atom. The number of para-hydroxylation sites is 1. The zero-order valence-electron chi connectivity index (χ0n) is 15.6. The molecule has 1 N–H and O–H groups in total. The highest BCUT2D eigenvalue weighted by Crippen LogP contribution is 2.28. The zero-order valence-corrected chi connectivity index (χ0v) is 17.2. The summed E-state index contributed by atoms with van der Waals surface area (Å²) in [7, 11) is -2.39. The summed E-state index contributed by atoms with van der Waals surface area (Å²) in [5, 5.41) is 3.27. The molecule has 0 bridgehead atoms. The maximum Gasteiger partial charge on any atom is 0.244 e. The summed E-state index contributed by atoms with van der Waals surface area (Å²) in [6.07, 6.45) is 2.06. The molecule has 2 aromatic carbocycles. The van der Waals surface area contributed by atoms with Gasteiger partial charge in [0.05, 0.1) is 12.0 Å². The first kappa shape index (κ1) is 20.6. The standard InChI is InChI=1S/C20H23ClN2O4S/c1-27-19-8-3-2-6-15(19)14-23(18-7-4-5-13-22-20(18)24)28(25,26)17-11-9-16(21)10-12-17/h2-3,6,8-12,18H,4-5,7,13-14H2,1H3,(H,22,24)/t18-/m1/s1. The van der Waals surface area contributed by atoms with Crippen LogP contribution >= 0.6 is 11.6 Å². The normalized spacial score (nSPS) is 17.8. The summed E-state index contributed by atoms with van der Waals surface area (Å²) in [5.74, 6) is 0.303. The van der Waals surface area contributed by atoms with Gasteiger partial charge in [-0.25, -0.2) is 8.42 Å². The summed E-state index contributed by atoms with van der Waals surface area (Å²) < 4.78 is 33.6. The van der Waals surface area contributed by atoms with Crippen LogP contribution in [0.15, 0.2) is 53.4 Å². The van der Waals surface area contributed by atoms with Crippen molar-refractivity contribution in [3.63, 3.8) is 0 Å². The van der Waals surface area contributed by atoms with Gasteiger partial charge in [-0.2, -0.15) is 4.31 Å². The van der Waals surface area contributed by atoms with Crippen molar-refractivity contribution in [2.45, 2.75) is 36.7 Å². The Bertz CT molecular complexity index is 931. The van der Waals surface area contributed by atoms with Gasteiger partial charge in [-0.05, 0) is 49.6 Å². The number of nitrogens with zero attached hydrogens (tertiary/aromatic N) is 1. The van der Waals surface area contributed by atoms with E-state index in [0.29, 0.717) is 29.3 Å². The predicted molar refractivity (Wildman–Crippen MR) is 108 cm³/mol. The van der Waals surface area contributed by atoms with E-state index < -0.39 is 16.1 Å². The molecule has 1 aliphatic rings.